The summed E-state index contributed by atoms with van der Waals surface area (Å²) in [4.78, 5) is 14.1. The molecule has 0 aliphatic carbocycles. The first-order chi connectivity index (χ1) is 12.0. The van der Waals surface area contributed by atoms with Crippen molar-refractivity contribution in [2.45, 2.75) is 36.6 Å². The summed E-state index contributed by atoms with van der Waals surface area (Å²) < 4.78 is 36.2. The van der Waals surface area contributed by atoms with E-state index in [1.807, 2.05) is 0 Å². The van der Waals surface area contributed by atoms with Crippen LogP contribution in [0.4, 0.5) is 0 Å². The average molecular weight is 368 g/mol. The molecule has 138 valence electrons. The molecule has 0 aromatic heterocycles. The standard InChI is InChI=1S/C17H24N2O5S/c18-13-3-1-7-19(12-13)17(20)6-10-25(21,22)14-4-5-15-16(11-14)24-9-2-8-23-15/h4-5,11,13H,1-3,6-10,12,18H2/t13-/m1/s1. The normalized spacial score (nSPS) is 20.8. The highest BCUT2D eigenvalue weighted by Crippen LogP contribution is 2.32. The number of hydrogen-bond acceptors (Lipinski definition) is 6. The van der Waals surface area contributed by atoms with Crippen molar-refractivity contribution in [2.75, 3.05) is 32.1 Å². The second-order valence-corrected chi connectivity index (χ2v) is 8.58. The van der Waals surface area contributed by atoms with E-state index in [-0.39, 0.29) is 29.0 Å². The number of rotatable bonds is 4. The molecule has 2 aliphatic rings. The lowest BCUT2D eigenvalue weighted by atomic mass is 10.1. The van der Waals surface area contributed by atoms with E-state index >= 15 is 0 Å². The van der Waals surface area contributed by atoms with Gasteiger partial charge >= 0.3 is 0 Å². The van der Waals surface area contributed by atoms with Gasteiger partial charge in [0.15, 0.2) is 21.3 Å². The number of carbonyl (C=O) groups excluding carboxylic acids is 1. The van der Waals surface area contributed by atoms with Crippen LogP contribution in [0.2, 0.25) is 0 Å². The highest BCUT2D eigenvalue weighted by Gasteiger charge is 2.24. The second-order valence-electron chi connectivity index (χ2n) is 6.47. The topological polar surface area (TPSA) is 98.9 Å². The van der Waals surface area contributed by atoms with Crippen LogP contribution < -0.4 is 15.2 Å². The van der Waals surface area contributed by atoms with Crippen LogP contribution in [0.5, 0.6) is 11.5 Å². The summed E-state index contributed by atoms with van der Waals surface area (Å²) >= 11 is 0. The molecule has 2 heterocycles. The van der Waals surface area contributed by atoms with Gasteiger partial charge in [-0.3, -0.25) is 4.79 Å². The van der Waals surface area contributed by atoms with Gasteiger partial charge in [-0.05, 0) is 25.0 Å². The molecule has 1 aromatic rings. The van der Waals surface area contributed by atoms with E-state index in [2.05, 4.69) is 0 Å². The summed E-state index contributed by atoms with van der Waals surface area (Å²) in [6, 6.07) is 4.58. The van der Waals surface area contributed by atoms with Gasteiger partial charge in [0, 0.05) is 38.0 Å². The van der Waals surface area contributed by atoms with Crippen molar-refractivity contribution in [1.82, 2.24) is 4.90 Å². The zero-order valence-electron chi connectivity index (χ0n) is 14.1. The summed E-state index contributed by atoms with van der Waals surface area (Å²) in [5.41, 5.74) is 5.88. The van der Waals surface area contributed by atoms with Crippen LogP contribution in [0.15, 0.2) is 23.1 Å². The zero-order chi connectivity index (χ0) is 17.9. The van der Waals surface area contributed by atoms with Gasteiger partial charge in [0.1, 0.15) is 0 Å². The summed E-state index contributed by atoms with van der Waals surface area (Å²) in [5.74, 6) is 0.604. The van der Waals surface area contributed by atoms with Crippen LogP contribution >= 0.6 is 0 Å². The minimum absolute atomic E-state index is 0.0176. The highest BCUT2D eigenvalue weighted by atomic mass is 32.2. The molecule has 0 unspecified atom stereocenters. The van der Waals surface area contributed by atoms with Gasteiger partial charge < -0.3 is 20.1 Å². The maximum atomic E-state index is 12.6. The SMILES string of the molecule is N[C@@H]1CCCN(C(=O)CCS(=O)(=O)c2ccc3c(c2)OCCCO3)C1. The molecule has 0 bridgehead atoms. The summed E-state index contributed by atoms with van der Waals surface area (Å²) in [6.07, 6.45) is 2.48. The van der Waals surface area contributed by atoms with Gasteiger partial charge in [-0.15, -0.1) is 0 Å². The fourth-order valence-corrected chi connectivity index (χ4v) is 4.31. The van der Waals surface area contributed by atoms with Crippen molar-refractivity contribution in [2.24, 2.45) is 5.73 Å². The van der Waals surface area contributed by atoms with Crippen molar-refractivity contribution in [3.63, 3.8) is 0 Å². The number of hydrogen-bond donors (Lipinski definition) is 1. The van der Waals surface area contributed by atoms with E-state index < -0.39 is 9.84 Å². The van der Waals surface area contributed by atoms with Crippen molar-refractivity contribution in [3.05, 3.63) is 18.2 Å². The molecular weight excluding hydrogens is 344 g/mol. The highest BCUT2D eigenvalue weighted by molar-refractivity contribution is 7.91. The van der Waals surface area contributed by atoms with Crippen LogP contribution in [-0.2, 0) is 14.6 Å². The minimum Gasteiger partial charge on any atom is -0.490 e. The Bertz CT molecular complexity index is 735. The monoisotopic (exact) mass is 368 g/mol. The number of sulfone groups is 1. The van der Waals surface area contributed by atoms with Crippen molar-refractivity contribution >= 4 is 15.7 Å². The van der Waals surface area contributed by atoms with E-state index in [4.69, 9.17) is 15.2 Å². The maximum absolute atomic E-state index is 12.6. The lowest BCUT2D eigenvalue weighted by molar-refractivity contribution is -0.131. The molecule has 1 amide bonds. The summed E-state index contributed by atoms with van der Waals surface area (Å²) in [6.45, 7) is 2.19. The van der Waals surface area contributed by atoms with Crippen molar-refractivity contribution < 1.29 is 22.7 Å². The molecule has 0 radical (unpaired) electrons. The van der Waals surface area contributed by atoms with E-state index in [1.165, 1.54) is 12.1 Å². The zero-order valence-corrected chi connectivity index (χ0v) is 15.0. The lowest BCUT2D eigenvalue weighted by Gasteiger charge is -2.30. The smallest absolute Gasteiger partial charge is 0.223 e. The molecule has 2 N–H and O–H groups in total. The van der Waals surface area contributed by atoms with Crippen LogP contribution in [0, 0.1) is 0 Å². The van der Waals surface area contributed by atoms with Crippen molar-refractivity contribution in [3.8, 4) is 11.5 Å². The first kappa shape index (κ1) is 18.0. The van der Waals surface area contributed by atoms with E-state index in [0.717, 1.165) is 19.3 Å². The number of nitrogens with zero attached hydrogens (tertiary/aromatic N) is 1. The summed E-state index contributed by atoms with van der Waals surface area (Å²) in [5, 5.41) is 0. The number of amides is 1. The van der Waals surface area contributed by atoms with Gasteiger partial charge in [-0.25, -0.2) is 8.42 Å². The number of nitrogens with two attached hydrogens (primary N) is 1. The molecular formula is C17H24N2O5S. The van der Waals surface area contributed by atoms with Gasteiger partial charge in [-0.2, -0.15) is 0 Å². The molecule has 3 rings (SSSR count). The molecule has 7 nitrogen and oxygen atoms in total. The predicted octanol–water partition coefficient (Wildman–Crippen LogP) is 0.961. The fraction of sp³-hybridized carbons (Fsp3) is 0.588. The number of piperidine rings is 1. The molecule has 1 fully saturated rings. The second kappa shape index (κ2) is 7.61. The number of benzene rings is 1. The van der Waals surface area contributed by atoms with Crippen molar-refractivity contribution in [1.29, 1.82) is 0 Å². The first-order valence-corrected chi connectivity index (χ1v) is 10.3. The van der Waals surface area contributed by atoms with E-state index in [9.17, 15) is 13.2 Å². The maximum Gasteiger partial charge on any atom is 0.223 e. The Balaban J connectivity index is 1.65. The van der Waals surface area contributed by atoms with Crippen LogP contribution in [0.1, 0.15) is 25.7 Å². The number of likely N-dealkylation sites (tertiary alicyclic amines) is 1. The Morgan fingerprint density at radius 3 is 2.72 bits per heavy atom. The third-order valence-electron chi connectivity index (χ3n) is 4.47. The summed E-state index contributed by atoms with van der Waals surface area (Å²) in [7, 11) is -3.57. The lowest BCUT2D eigenvalue weighted by Crippen LogP contribution is -2.46. The number of fused-ring (bicyclic) bond motifs is 1. The van der Waals surface area contributed by atoms with Crippen LogP contribution in [-0.4, -0.2) is 57.3 Å². The molecule has 8 heteroatoms. The van der Waals surface area contributed by atoms with E-state index in [1.54, 1.807) is 11.0 Å². The minimum atomic E-state index is -3.57. The van der Waals surface area contributed by atoms with Crippen LogP contribution in [0.25, 0.3) is 0 Å². The quantitative estimate of drug-likeness (QED) is 0.850. The third kappa shape index (κ3) is 4.43. The predicted molar refractivity (Wildman–Crippen MR) is 92.5 cm³/mol. The van der Waals surface area contributed by atoms with Gasteiger partial charge in [0.2, 0.25) is 5.91 Å². The Hall–Kier alpha value is -1.80. The van der Waals surface area contributed by atoms with E-state index in [0.29, 0.717) is 37.8 Å². The van der Waals surface area contributed by atoms with Gasteiger partial charge in [0.05, 0.1) is 23.9 Å². The third-order valence-corrected chi connectivity index (χ3v) is 6.19. The van der Waals surface area contributed by atoms with Gasteiger partial charge in [-0.1, -0.05) is 0 Å². The molecule has 25 heavy (non-hydrogen) atoms. The molecule has 0 saturated carbocycles. The Morgan fingerprint density at radius 2 is 1.96 bits per heavy atom. The molecule has 1 atom stereocenters. The fourth-order valence-electron chi connectivity index (χ4n) is 3.07. The molecule has 2 aliphatic heterocycles. The first-order valence-electron chi connectivity index (χ1n) is 8.61. The average Bonchev–Trinajstić information content (AvgIpc) is 2.84. The van der Waals surface area contributed by atoms with Gasteiger partial charge in [0.25, 0.3) is 0 Å². The number of ether oxygens (including phenoxy) is 2. The Labute approximate surface area is 148 Å². The molecule has 0 spiro atoms. The van der Waals surface area contributed by atoms with Crippen LogP contribution in [0.3, 0.4) is 0 Å². The Kier molecular flexibility index (Phi) is 5.48. The largest absolute Gasteiger partial charge is 0.490 e. The molecule has 1 aromatic carbocycles. The number of carbonyl (C=O) groups is 1. The Morgan fingerprint density at radius 1 is 1.20 bits per heavy atom. The molecule has 1 saturated heterocycles.